The molecular formula is C13H20N4O2. The highest BCUT2D eigenvalue weighted by Crippen LogP contribution is 2.24. The molecule has 1 aromatic rings. The van der Waals surface area contributed by atoms with Gasteiger partial charge in [-0.25, -0.2) is 9.78 Å². The van der Waals surface area contributed by atoms with E-state index < -0.39 is 6.09 Å². The van der Waals surface area contributed by atoms with Gasteiger partial charge < -0.3 is 15.8 Å². The third-order valence-corrected chi connectivity index (χ3v) is 3.14. The number of nitrogens with one attached hydrogen (secondary N) is 2. The molecule has 0 radical (unpaired) electrons. The first kappa shape index (κ1) is 13.5. The Morgan fingerprint density at radius 3 is 2.84 bits per heavy atom. The molecule has 1 saturated carbocycles. The van der Waals surface area contributed by atoms with Crippen LogP contribution in [0.3, 0.4) is 0 Å². The second-order valence-electron chi connectivity index (χ2n) is 4.60. The standard InChI is InChI=1S/C13H20N4O2/c1-2-19-13(18)16-10-7-8-11(17-12(10)14)15-9-5-3-4-6-9/h7-9H,2-6H2,1H3,(H,16,18)(H3,14,15,17). The number of carbonyl (C=O) groups excluding carboxylic acids is 1. The Bertz CT molecular complexity index is 444. The van der Waals surface area contributed by atoms with Crippen molar-refractivity contribution in [1.82, 2.24) is 4.98 Å². The molecule has 1 aromatic heterocycles. The zero-order valence-electron chi connectivity index (χ0n) is 11.1. The van der Waals surface area contributed by atoms with Crippen LogP contribution < -0.4 is 16.4 Å². The van der Waals surface area contributed by atoms with Crippen molar-refractivity contribution in [3.05, 3.63) is 12.1 Å². The van der Waals surface area contributed by atoms with Crippen LogP contribution in [0, 0.1) is 0 Å². The minimum absolute atomic E-state index is 0.288. The molecule has 4 N–H and O–H groups in total. The van der Waals surface area contributed by atoms with E-state index in [1.165, 1.54) is 25.7 Å². The highest BCUT2D eigenvalue weighted by molar-refractivity contribution is 5.88. The minimum Gasteiger partial charge on any atom is -0.450 e. The quantitative estimate of drug-likeness (QED) is 0.777. The number of amides is 1. The fourth-order valence-electron chi connectivity index (χ4n) is 2.22. The summed E-state index contributed by atoms with van der Waals surface area (Å²) < 4.78 is 4.79. The van der Waals surface area contributed by atoms with E-state index in [4.69, 9.17) is 10.5 Å². The van der Waals surface area contributed by atoms with Crippen molar-refractivity contribution < 1.29 is 9.53 Å². The van der Waals surface area contributed by atoms with Gasteiger partial charge >= 0.3 is 6.09 Å². The highest BCUT2D eigenvalue weighted by atomic mass is 16.5. The molecule has 2 rings (SSSR count). The second kappa shape index (κ2) is 6.26. The van der Waals surface area contributed by atoms with Crippen molar-refractivity contribution in [2.75, 3.05) is 23.0 Å². The number of hydrogen-bond acceptors (Lipinski definition) is 5. The lowest BCUT2D eigenvalue weighted by Crippen LogP contribution is -2.17. The molecule has 6 heteroatoms. The van der Waals surface area contributed by atoms with E-state index in [0.29, 0.717) is 18.3 Å². The molecule has 0 unspecified atom stereocenters. The zero-order valence-corrected chi connectivity index (χ0v) is 11.1. The average Bonchev–Trinajstić information content (AvgIpc) is 2.86. The predicted octanol–water partition coefficient (Wildman–Crippen LogP) is 2.59. The van der Waals surface area contributed by atoms with Gasteiger partial charge in [0, 0.05) is 6.04 Å². The largest absolute Gasteiger partial charge is 0.450 e. The van der Waals surface area contributed by atoms with Gasteiger partial charge in [-0.2, -0.15) is 0 Å². The summed E-state index contributed by atoms with van der Waals surface area (Å²) in [5.74, 6) is 1.04. The molecule has 6 nitrogen and oxygen atoms in total. The Balaban J connectivity index is 1.97. The van der Waals surface area contributed by atoms with Gasteiger partial charge in [0.15, 0.2) is 0 Å². The van der Waals surface area contributed by atoms with E-state index in [1.807, 2.05) is 6.07 Å². The number of anilines is 3. The first-order valence-electron chi connectivity index (χ1n) is 6.66. The molecule has 1 amide bonds. The molecule has 0 saturated heterocycles. The smallest absolute Gasteiger partial charge is 0.411 e. The number of aromatic nitrogens is 1. The fraction of sp³-hybridized carbons (Fsp3) is 0.538. The zero-order chi connectivity index (χ0) is 13.7. The van der Waals surface area contributed by atoms with Crippen molar-refractivity contribution in [2.24, 2.45) is 0 Å². The minimum atomic E-state index is -0.521. The van der Waals surface area contributed by atoms with Gasteiger partial charge in [-0.05, 0) is 31.9 Å². The topological polar surface area (TPSA) is 89.3 Å². The number of hydrogen-bond donors (Lipinski definition) is 3. The third kappa shape index (κ3) is 3.74. The summed E-state index contributed by atoms with van der Waals surface area (Å²) in [6.45, 7) is 2.07. The molecule has 1 fully saturated rings. The van der Waals surface area contributed by atoms with E-state index in [1.54, 1.807) is 13.0 Å². The third-order valence-electron chi connectivity index (χ3n) is 3.14. The number of pyridine rings is 1. The lowest BCUT2D eigenvalue weighted by Gasteiger charge is -2.14. The Labute approximate surface area is 112 Å². The van der Waals surface area contributed by atoms with Gasteiger partial charge in [0.2, 0.25) is 0 Å². The number of nitrogen functional groups attached to an aromatic ring is 1. The van der Waals surface area contributed by atoms with Crippen molar-refractivity contribution in [1.29, 1.82) is 0 Å². The van der Waals surface area contributed by atoms with Gasteiger partial charge in [-0.1, -0.05) is 12.8 Å². The lowest BCUT2D eigenvalue weighted by atomic mass is 10.2. The first-order valence-corrected chi connectivity index (χ1v) is 6.66. The molecule has 1 aliphatic rings. The summed E-state index contributed by atoms with van der Waals surface area (Å²) in [6, 6.07) is 4.03. The number of nitrogens with zero attached hydrogens (tertiary/aromatic N) is 1. The van der Waals surface area contributed by atoms with Crippen LogP contribution >= 0.6 is 0 Å². The lowest BCUT2D eigenvalue weighted by molar-refractivity contribution is 0.168. The number of rotatable bonds is 4. The van der Waals surface area contributed by atoms with Crippen LogP contribution in [0.4, 0.5) is 22.1 Å². The van der Waals surface area contributed by atoms with E-state index >= 15 is 0 Å². The summed E-state index contributed by atoms with van der Waals surface area (Å²) in [5.41, 5.74) is 6.29. The fourth-order valence-corrected chi connectivity index (χ4v) is 2.22. The SMILES string of the molecule is CCOC(=O)Nc1ccc(NC2CCCC2)nc1N. The molecule has 0 atom stereocenters. The summed E-state index contributed by atoms with van der Waals surface area (Å²) in [5, 5.41) is 5.91. The van der Waals surface area contributed by atoms with E-state index in [9.17, 15) is 4.79 Å². The second-order valence-corrected chi connectivity index (χ2v) is 4.60. The number of carbonyl (C=O) groups is 1. The Kier molecular flexibility index (Phi) is 4.43. The summed E-state index contributed by atoms with van der Waals surface area (Å²) in [7, 11) is 0. The maximum Gasteiger partial charge on any atom is 0.411 e. The first-order chi connectivity index (χ1) is 9.19. The van der Waals surface area contributed by atoms with Crippen LogP contribution in [0.15, 0.2) is 12.1 Å². The highest BCUT2D eigenvalue weighted by Gasteiger charge is 2.15. The van der Waals surface area contributed by atoms with Gasteiger partial charge in [-0.15, -0.1) is 0 Å². The Hall–Kier alpha value is -1.98. The van der Waals surface area contributed by atoms with Crippen LogP contribution in [0.1, 0.15) is 32.6 Å². The molecule has 0 aliphatic heterocycles. The van der Waals surface area contributed by atoms with Crippen molar-refractivity contribution in [2.45, 2.75) is 38.6 Å². The van der Waals surface area contributed by atoms with Gasteiger partial charge in [0.25, 0.3) is 0 Å². The molecule has 104 valence electrons. The van der Waals surface area contributed by atoms with Crippen molar-refractivity contribution in [3.63, 3.8) is 0 Å². The molecular weight excluding hydrogens is 244 g/mol. The molecule has 0 aromatic carbocycles. The van der Waals surface area contributed by atoms with Crippen LogP contribution in [-0.2, 0) is 4.74 Å². The summed E-state index contributed by atoms with van der Waals surface area (Å²) in [4.78, 5) is 15.5. The van der Waals surface area contributed by atoms with Crippen molar-refractivity contribution >= 4 is 23.4 Å². The van der Waals surface area contributed by atoms with Gasteiger partial charge in [-0.3, -0.25) is 5.32 Å². The molecule has 1 heterocycles. The van der Waals surface area contributed by atoms with Gasteiger partial charge in [0.1, 0.15) is 11.6 Å². The summed E-state index contributed by atoms with van der Waals surface area (Å²) in [6.07, 6.45) is 4.34. The van der Waals surface area contributed by atoms with Crippen LogP contribution in [0.5, 0.6) is 0 Å². The van der Waals surface area contributed by atoms with E-state index in [2.05, 4.69) is 15.6 Å². The molecule has 19 heavy (non-hydrogen) atoms. The van der Waals surface area contributed by atoms with Crippen LogP contribution in [0.25, 0.3) is 0 Å². The number of nitrogens with two attached hydrogens (primary N) is 1. The predicted molar refractivity (Wildman–Crippen MR) is 75.2 cm³/mol. The Morgan fingerprint density at radius 2 is 2.21 bits per heavy atom. The van der Waals surface area contributed by atoms with Crippen LogP contribution in [-0.4, -0.2) is 23.7 Å². The Morgan fingerprint density at radius 1 is 1.47 bits per heavy atom. The van der Waals surface area contributed by atoms with E-state index in [0.717, 1.165) is 5.82 Å². The average molecular weight is 264 g/mol. The molecule has 1 aliphatic carbocycles. The van der Waals surface area contributed by atoms with E-state index in [-0.39, 0.29) is 5.82 Å². The number of ether oxygens (including phenoxy) is 1. The maximum absolute atomic E-state index is 11.3. The normalized spacial score (nSPS) is 15.2. The van der Waals surface area contributed by atoms with Crippen LogP contribution in [0.2, 0.25) is 0 Å². The van der Waals surface area contributed by atoms with Crippen molar-refractivity contribution in [3.8, 4) is 0 Å². The monoisotopic (exact) mass is 264 g/mol. The molecule has 0 spiro atoms. The molecule has 0 bridgehead atoms. The maximum atomic E-state index is 11.3. The van der Waals surface area contributed by atoms with Gasteiger partial charge in [0.05, 0.1) is 12.3 Å². The summed E-state index contributed by atoms with van der Waals surface area (Å²) >= 11 is 0.